The molecular weight excluding hydrogens is 415 g/mol. The number of halogens is 1. The van der Waals surface area contributed by atoms with Gasteiger partial charge in [0, 0.05) is 39.1 Å². The zero-order valence-corrected chi connectivity index (χ0v) is 17.5. The van der Waals surface area contributed by atoms with Gasteiger partial charge in [-0.2, -0.15) is 4.31 Å². The molecule has 2 aliphatic heterocycles. The first-order valence-corrected chi connectivity index (χ1v) is 11.6. The number of piperazine rings is 1. The van der Waals surface area contributed by atoms with Gasteiger partial charge in [-0.15, -0.1) is 0 Å². The van der Waals surface area contributed by atoms with Crippen LogP contribution < -0.4 is 5.32 Å². The van der Waals surface area contributed by atoms with E-state index in [1.165, 1.54) is 16.4 Å². The largest absolute Gasteiger partial charge is 0.340 e. The molecule has 3 rings (SSSR count). The van der Waals surface area contributed by atoms with E-state index in [9.17, 15) is 27.2 Å². The highest BCUT2D eigenvalue weighted by atomic mass is 32.2. The number of carbonyl (C=O) groups excluding carboxylic acids is 3. The number of carbonyl (C=O) groups is 3. The Morgan fingerprint density at radius 2 is 1.90 bits per heavy atom. The molecular formula is C19H25FN4O5S. The normalized spacial score (nSPS) is 20.5. The number of nitrogens with zero attached hydrogens (tertiary/aromatic N) is 3. The molecule has 2 aliphatic rings. The van der Waals surface area contributed by atoms with Gasteiger partial charge in [-0.1, -0.05) is 12.1 Å². The number of urea groups is 1. The Labute approximate surface area is 174 Å². The molecule has 0 bridgehead atoms. The smallest absolute Gasteiger partial charge is 0.324 e. The Morgan fingerprint density at radius 1 is 1.20 bits per heavy atom. The van der Waals surface area contributed by atoms with E-state index in [1.54, 1.807) is 17.0 Å². The SMILES string of the molecule is CS(=O)(=O)N1CCN(C(=O)CC[C@H]2NC(=O)N(CCc3cccc(F)c3)C2=O)CC1. The second kappa shape index (κ2) is 9.09. The number of benzene rings is 1. The van der Waals surface area contributed by atoms with Gasteiger partial charge in [-0.3, -0.25) is 14.5 Å². The van der Waals surface area contributed by atoms with E-state index >= 15 is 0 Å². The summed E-state index contributed by atoms with van der Waals surface area (Å²) >= 11 is 0. The summed E-state index contributed by atoms with van der Waals surface area (Å²) in [7, 11) is -3.27. The fourth-order valence-corrected chi connectivity index (χ4v) is 4.44. The van der Waals surface area contributed by atoms with Crippen molar-refractivity contribution in [2.24, 2.45) is 0 Å². The lowest BCUT2D eigenvalue weighted by Crippen LogP contribution is -2.50. The summed E-state index contributed by atoms with van der Waals surface area (Å²) in [4.78, 5) is 39.7. The van der Waals surface area contributed by atoms with Crippen molar-refractivity contribution in [1.29, 1.82) is 0 Å². The molecule has 1 atom stereocenters. The highest BCUT2D eigenvalue weighted by Crippen LogP contribution is 2.15. The van der Waals surface area contributed by atoms with Gasteiger partial charge >= 0.3 is 6.03 Å². The highest BCUT2D eigenvalue weighted by Gasteiger charge is 2.38. The van der Waals surface area contributed by atoms with E-state index in [2.05, 4.69) is 5.32 Å². The maximum absolute atomic E-state index is 13.3. The van der Waals surface area contributed by atoms with Gasteiger partial charge in [-0.05, 0) is 30.5 Å². The van der Waals surface area contributed by atoms with E-state index in [-0.39, 0.29) is 44.2 Å². The van der Waals surface area contributed by atoms with Crippen molar-refractivity contribution in [3.05, 3.63) is 35.6 Å². The van der Waals surface area contributed by atoms with Crippen molar-refractivity contribution in [3.8, 4) is 0 Å². The van der Waals surface area contributed by atoms with E-state index in [4.69, 9.17) is 0 Å². The number of rotatable bonds is 7. The third kappa shape index (κ3) is 5.33. The van der Waals surface area contributed by atoms with Crippen molar-refractivity contribution in [2.45, 2.75) is 25.3 Å². The van der Waals surface area contributed by atoms with Gasteiger partial charge in [0.1, 0.15) is 11.9 Å². The van der Waals surface area contributed by atoms with Crippen molar-refractivity contribution in [2.75, 3.05) is 39.0 Å². The molecule has 2 heterocycles. The summed E-state index contributed by atoms with van der Waals surface area (Å²) in [6.07, 6.45) is 1.73. The van der Waals surface area contributed by atoms with Crippen LogP contribution in [0.25, 0.3) is 0 Å². The minimum atomic E-state index is -3.27. The quantitative estimate of drug-likeness (QED) is 0.609. The Balaban J connectivity index is 1.46. The third-order valence-electron chi connectivity index (χ3n) is 5.33. The van der Waals surface area contributed by atoms with Crippen LogP contribution in [0.3, 0.4) is 0 Å². The standard InChI is InChI=1S/C19H25FN4O5S/c1-30(28,29)23-11-9-22(10-12-23)17(25)6-5-16-18(26)24(19(27)21-16)8-7-14-3-2-4-15(20)13-14/h2-4,13,16H,5-12H2,1H3,(H,21,27)/t16-/m1/s1. The predicted molar refractivity (Wildman–Crippen MR) is 106 cm³/mol. The Kier molecular flexibility index (Phi) is 6.71. The molecule has 2 saturated heterocycles. The molecule has 30 heavy (non-hydrogen) atoms. The lowest BCUT2D eigenvalue weighted by molar-refractivity contribution is -0.133. The van der Waals surface area contributed by atoms with Crippen LogP contribution in [-0.4, -0.2) is 85.4 Å². The lowest BCUT2D eigenvalue weighted by Gasteiger charge is -2.33. The Hall–Kier alpha value is -2.53. The number of imide groups is 1. The number of sulfonamides is 1. The zero-order valence-electron chi connectivity index (χ0n) is 16.7. The van der Waals surface area contributed by atoms with E-state index in [0.717, 1.165) is 11.2 Å². The summed E-state index contributed by atoms with van der Waals surface area (Å²) in [5, 5.41) is 2.59. The molecule has 1 N–H and O–H groups in total. The van der Waals surface area contributed by atoms with E-state index in [1.807, 2.05) is 0 Å². The van der Waals surface area contributed by atoms with Crippen LogP contribution in [0.4, 0.5) is 9.18 Å². The lowest BCUT2D eigenvalue weighted by atomic mass is 10.1. The first-order valence-electron chi connectivity index (χ1n) is 9.74. The molecule has 0 spiro atoms. The molecule has 0 radical (unpaired) electrons. The van der Waals surface area contributed by atoms with Gasteiger partial charge in [0.2, 0.25) is 15.9 Å². The summed E-state index contributed by atoms with van der Waals surface area (Å²) in [5.41, 5.74) is 0.683. The van der Waals surface area contributed by atoms with Gasteiger partial charge < -0.3 is 10.2 Å². The van der Waals surface area contributed by atoms with Crippen LogP contribution in [0, 0.1) is 5.82 Å². The maximum atomic E-state index is 13.3. The molecule has 0 unspecified atom stereocenters. The molecule has 0 aliphatic carbocycles. The Morgan fingerprint density at radius 3 is 2.53 bits per heavy atom. The predicted octanol–water partition coefficient (Wildman–Crippen LogP) is 0.173. The molecule has 0 saturated carbocycles. The van der Waals surface area contributed by atoms with Gasteiger partial charge in [0.15, 0.2) is 0 Å². The van der Waals surface area contributed by atoms with Gasteiger partial charge in [-0.25, -0.2) is 17.6 Å². The fourth-order valence-electron chi connectivity index (χ4n) is 3.61. The Bertz CT molecular complexity index is 931. The molecule has 1 aromatic rings. The van der Waals surface area contributed by atoms with E-state index in [0.29, 0.717) is 25.1 Å². The van der Waals surface area contributed by atoms with Crippen LogP contribution in [0.15, 0.2) is 24.3 Å². The summed E-state index contributed by atoms with van der Waals surface area (Å²) in [5.74, 6) is -0.951. The average Bonchev–Trinajstić information content (AvgIpc) is 2.97. The van der Waals surface area contributed by atoms with Crippen LogP contribution in [0.1, 0.15) is 18.4 Å². The maximum Gasteiger partial charge on any atom is 0.324 e. The highest BCUT2D eigenvalue weighted by molar-refractivity contribution is 7.88. The summed E-state index contributed by atoms with van der Waals surface area (Å²) in [6.45, 7) is 1.23. The minimum absolute atomic E-state index is 0.0767. The topological polar surface area (TPSA) is 107 Å². The van der Waals surface area contributed by atoms with Crippen molar-refractivity contribution in [1.82, 2.24) is 19.4 Å². The molecule has 4 amide bonds. The molecule has 1 aromatic carbocycles. The summed E-state index contributed by atoms with van der Waals surface area (Å²) < 4.78 is 37.7. The van der Waals surface area contributed by atoms with Crippen molar-refractivity contribution < 1.29 is 27.2 Å². The molecule has 11 heteroatoms. The van der Waals surface area contributed by atoms with Crippen LogP contribution >= 0.6 is 0 Å². The van der Waals surface area contributed by atoms with Gasteiger partial charge in [0.05, 0.1) is 6.26 Å². The van der Waals surface area contributed by atoms with Crippen molar-refractivity contribution in [3.63, 3.8) is 0 Å². The number of hydrogen-bond donors (Lipinski definition) is 1. The second-order valence-electron chi connectivity index (χ2n) is 7.45. The minimum Gasteiger partial charge on any atom is -0.340 e. The van der Waals surface area contributed by atoms with E-state index < -0.39 is 28.0 Å². The summed E-state index contributed by atoms with van der Waals surface area (Å²) in [6, 6.07) is 4.69. The number of amides is 4. The number of nitrogens with one attached hydrogen (secondary N) is 1. The molecule has 9 nitrogen and oxygen atoms in total. The van der Waals surface area contributed by atoms with Gasteiger partial charge in [0.25, 0.3) is 5.91 Å². The molecule has 0 aromatic heterocycles. The second-order valence-corrected chi connectivity index (χ2v) is 9.44. The number of hydrogen-bond acceptors (Lipinski definition) is 5. The van der Waals surface area contributed by atoms with Crippen molar-refractivity contribution >= 4 is 27.9 Å². The first kappa shape index (κ1) is 22.2. The monoisotopic (exact) mass is 440 g/mol. The molecule has 2 fully saturated rings. The first-order chi connectivity index (χ1) is 14.1. The average molecular weight is 440 g/mol. The fraction of sp³-hybridized carbons (Fsp3) is 0.526. The third-order valence-corrected chi connectivity index (χ3v) is 6.63. The van der Waals surface area contributed by atoms with Crippen LogP contribution in [0.5, 0.6) is 0 Å². The molecule has 164 valence electrons. The zero-order chi connectivity index (χ0) is 21.9. The van der Waals surface area contributed by atoms with Crippen LogP contribution in [0.2, 0.25) is 0 Å². The van der Waals surface area contributed by atoms with Crippen LogP contribution in [-0.2, 0) is 26.0 Å².